The Bertz CT molecular complexity index is 2190. The van der Waals surface area contributed by atoms with Crippen molar-refractivity contribution < 1.29 is 37.4 Å². The second-order valence-electron chi connectivity index (χ2n) is 18.6. The van der Waals surface area contributed by atoms with Gasteiger partial charge in [0.2, 0.25) is 11.8 Å². The third-order valence-corrected chi connectivity index (χ3v) is 15.1. The Labute approximate surface area is 374 Å². The van der Waals surface area contributed by atoms with Gasteiger partial charge in [-0.15, -0.1) is 0 Å². The molecule has 4 aromatic carbocycles. The van der Waals surface area contributed by atoms with Gasteiger partial charge in [0.25, 0.3) is 0 Å². The van der Waals surface area contributed by atoms with E-state index in [2.05, 4.69) is 9.80 Å². The highest BCUT2D eigenvalue weighted by molar-refractivity contribution is 5.90. The third-order valence-electron chi connectivity index (χ3n) is 15.1. The lowest BCUT2D eigenvalue weighted by atomic mass is 9.77. The Morgan fingerprint density at radius 2 is 0.906 bits per heavy atom. The molecule has 2 amide bonds. The number of benzene rings is 4. The maximum Gasteiger partial charge on any atom is 0.337 e. The van der Waals surface area contributed by atoms with Crippen LogP contribution in [0.2, 0.25) is 0 Å². The molecule has 0 radical (unpaired) electrons. The number of hydrogen-bond donors (Lipinski definition) is 0. The van der Waals surface area contributed by atoms with E-state index in [1.54, 1.807) is 36.4 Å². The zero-order chi connectivity index (χ0) is 44.5. The summed E-state index contributed by atoms with van der Waals surface area (Å²) in [6.07, 6.45) is 7.27. The summed E-state index contributed by atoms with van der Waals surface area (Å²) in [6, 6.07) is 23.4. The van der Waals surface area contributed by atoms with Gasteiger partial charge in [0.15, 0.2) is 0 Å². The predicted molar refractivity (Wildman–Crippen MR) is 237 cm³/mol. The van der Waals surface area contributed by atoms with E-state index in [0.29, 0.717) is 73.6 Å². The molecule has 0 aromatic heterocycles. The first-order valence-corrected chi connectivity index (χ1v) is 23.0. The molecule has 336 valence electrons. The lowest BCUT2D eigenvalue weighted by Crippen LogP contribution is -2.49. The largest absolute Gasteiger partial charge is 0.465 e. The van der Waals surface area contributed by atoms with Crippen LogP contribution in [-0.2, 0) is 31.9 Å². The van der Waals surface area contributed by atoms with Crippen molar-refractivity contribution in [1.82, 2.24) is 19.6 Å². The molecule has 6 saturated heterocycles. The second kappa shape index (κ2) is 18.9. The molecule has 64 heavy (non-hydrogen) atoms. The summed E-state index contributed by atoms with van der Waals surface area (Å²) in [5.41, 5.74) is 6.87. The molecule has 0 aliphatic carbocycles. The van der Waals surface area contributed by atoms with E-state index in [-0.39, 0.29) is 47.5 Å². The van der Waals surface area contributed by atoms with Gasteiger partial charge in [-0.3, -0.25) is 9.59 Å². The topological polar surface area (TPSA) is 99.7 Å². The van der Waals surface area contributed by atoms with Crippen molar-refractivity contribution in [2.75, 3.05) is 66.6 Å². The summed E-state index contributed by atoms with van der Waals surface area (Å²) in [7, 11) is 2.75. The fraction of sp³-hybridized carbons (Fsp3) is 0.462. The van der Waals surface area contributed by atoms with Crippen LogP contribution in [0, 0.1) is 35.3 Å². The van der Waals surface area contributed by atoms with Crippen LogP contribution in [0.1, 0.15) is 105 Å². The first kappa shape index (κ1) is 43.8. The summed E-state index contributed by atoms with van der Waals surface area (Å²) in [4.78, 5) is 60.1. The predicted octanol–water partition coefficient (Wildman–Crippen LogP) is 7.64. The van der Waals surface area contributed by atoms with E-state index in [1.807, 2.05) is 34.1 Å². The number of halogens is 2. The van der Waals surface area contributed by atoms with Gasteiger partial charge in [-0.2, -0.15) is 0 Å². The minimum atomic E-state index is -0.369. The molecule has 12 heteroatoms. The molecule has 10 nitrogen and oxygen atoms in total. The summed E-state index contributed by atoms with van der Waals surface area (Å²) >= 11 is 0. The Morgan fingerprint density at radius 3 is 1.23 bits per heavy atom. The summed E-state index contributed by atoms with van der Waals surface area (Å²) in [5, 5.41) is 0. The lowest BCUT2D eigenvalue weighted by Gasteiger charge is -2.46. The SMILES string of the molecule is COC(=O)c1ccc2c(c1)CCN(C(=O)C[C@@H]1CN3CCC1CC3)[C@@H]2c1ccc(F)cc1.COC(=O)c1ccc2c(c1)CCN(C(=O)C[C@@H]1CN3CCC1CC3)[C@H]2c1ccc(F)cc1. The molecule has 0 N–H and O–H groups in total. The lowest BCUT2D eigenvalue weighted by molar-refractivity contribution is -0.136. The number of ether oxygens (including phenoxy) is 2. The summed E-state index contributed by atoms with van der Waals surface area (Å²) in [5.74, 6) is 1.14. The van der Waals surface area contributed by atoms with Crippen molar-refractivity contribution in [3.63, 3.8) is 0 Å². The first-order chi connectivity index (χ1) is 31.1. The fourth-order valence-corrected chi connectivity index (χ4v) is 11.6. The molecule has 6 fully saturated rings. The molecule has 8 aliphatic rings. The number of carbonyl (C=O) groups is 4. The number of rotatable bonds is 8. The van der Waals surface area contributed by atoms with E-state index < -0.39 is 0 Å². The summed E-state index contributed by atoms with van der Waals surface area (Å²) in [6.45, 7) is 7.84. The van der Waals surface area contributed by atoms with Crippen LogP contribution in [0.5, 0.6) is 0 Å². The average Bonchev–Trinajstić information content (AvgIpc) is 3.34. The quantitative estimate of drug-likeness (QED) is 0.167. The van der Waals surface area contributed by atoms with Crippen molar-refractivity contribution >= 4 is 23.8 Å². The highest BCUT2D eigenvalue weighted by Gasteiger charge is 2.40. The standard InChI is InChI=1S/2C26H29FN2O3/c2*1-32-26(31)20-4-7-23-19(14-20)10-13-29(25(23)18-2-5-22(27)6-3-18)24(30)15-21-16-28-11-8-17(21)9-12-28/h2*2-7,14,17,21,25H,8-13,15-16H2,1H3/t21-,25+;21-,25-/m11/s1. The van der Waals surface area contributed by atoms with Crippen LogP contribution < -0.4 is 0 Å². The average molecular weight is 873 g/mol. The number of hydrogen-bond acceptors (Lipinski definition) is 8. The smallest absolute Gasteiger partial charge is 0.337 e. The molecule has 8 aliphatic heterocycles. The van der Waals surface area contributed by atoms with Crippen molar-refractivity contribution in [3.8, 4) is 0 Å². The molecular weight excluding hydrogens is 815 g/mol. The number of nitrogens with zero attached hydrogens (tertiary/aromatic N) is 4. The van der Waals surface area contributed by atoms with Crippen LogP contribution in [0.25, 0.3) is 0 Å². The number of methoxy groups -OCH3 is 2. The van der Waals surface area contributed by atoms with Crippen molar-refractivity contribution in [2.24, 2.45) is 23.7 Å². The molecule has 0 saturated carbocycles. The van der Waals surface area contributed by atoms with Gasteiger partial charge in [-0.1, -0.05) is 36.4 Å². The zero-order valence-corrected chi connectivity index (χ0v) is 36.9. The zero-order valence-electron chi connectivity index (χ0n) is 36.9. The minimum Gasteiger partial charge on any atom is -0.465 e. The minimum absolute atomic E-state index is 0.167. The summed E-state index contributed by atoms with van der Waals surface area (Å²) < 4.78 is 37.0. The van der Waals surface area contributed by atoms with Gasteiger partial charge in [0.05, 0.1) is 37.4 Å². The molecule has 12 rings (SSSR count). The monoisotopic (exact) mass is 872 g/mol. The van der Waals surface area contributed by atoms with Crippen LogP contribution >= 0.6 is 0 Å². The maximum absolute atomic E-state index is 13.6. The van der Waals surface area contributed by atoms with Crippen molar-refractivity contribution in [2.45, 2.75) is 63.5 Å². The van der Waals surface area contributed by atoms with Gasteiger partial charge in [-0.25, -0.2) is 18.4 Å². The highest BCUT2D eigenvalue weighted by Crippen LogP contribution is 2.41. The Balaban J connectivity index is 0.000000162. The number of amides is 2. The van der Waals surface area contributed by atoms with Crippen LogP contribution in [0.15, 0.2) is 84.9 Å². The molecule has 4 atom stereocenters. The number of carbonyl (C=O) groups excluding carboxylic acids is 4. The molecular formula is C52H58F2N4O6. The van der Waals surface area contributed by atoms with Gasteiger partial charge in [0, 0.05) is 39.0 Å². The van der Waals surface area contributed by atoms with Crippen molar-refractivity contribution in [1.29, 1.82) is 0 Å². The number of esters is 2. The maximum atomic E-state index is 13.6. The first-order valence-electron chi connectivity index (χ1n) is 23.0. The van der Waals surface area contributed by atoms with E-state index in [4.69, 9.17) is 9.47 Å². The Kier molecular flexibility index (Phi) is 13.0. The van der Waals surface area contributed by atoms with Crippen LogP contribution in [0.3, 0.4) is 0 Å². The van der Waals surface area contributed by atoms with Gasteiger partial charge >= 0.3 is 11.9 Å². The van der Waals surface area contributed by atoms with E-state index in [9.17, 15) is 28.0 Å². The third kappa shape index (κ3) is 9.09. The van der Waals surface area contributed by atoms with E-state index in [0.717, 1.165) is 72.6 Å². The molecule has 4 bridgehead atoms. The van der Waals surface area contributed by atoms with Gasteiger partial charge < -0.3 is 29.1 Å². The van der Waals surface area contributed by atoms with Gasteiger partial charge in [-0.05, 0) is 170 Å². The molecule has 8 heterocycles. The fourth-order valence-electron chi connectivity index (χ4n) is 11.6. The van der Waals surface area contributed by atoms with E-state index in [1.165, 1.54) is 64.2 Å². The van der Waals surface area contributed by atoms with Crippen LogP contribution in [0.4, 0.5) is 8.78 Å². The van der Waals surface area contributed by atoms with Crippen LogP contribution in [-0.4, -0.2) is 110 Å². The Morgan fingerprint density at radius 1 is 0.531 bits per heavy atom. The van der Waals surface area contributed by atoms with Gasteiger partial charge in [0.1, 0.15) is 11.6 Å². The second-order valence-corrected chi connectivity index (χ2v) is 18.6. The molecule has 4 aromatic rings. The normalized spacial score (nSPS) is 26.5. The highest BCUT2D eigenvalue weighted by atomic mass is 19.1. The Hall–Kier alpha value is -5.46. The molecule has 0 spiro atoms. The van der Waals surface area contributed by atoms with Crippen molar-refractivity contribution in [3.05, 3.63) is 141 Å². The number of fused-ring (bicyclic) bond motifs is 8. The molecule has 0 unspecified atom stereocenters. The number of piperidine rings is 6. The van der Waals surface area contributed by atoms with E-state index >= 15 is 0 Å².